The number of benzene rings is 1. The van der Waals surface area contributed by atoms with Crippen LogP contribution in [0, 0.1) is 16.7 Å². The molecule has 0 radical (unpaired) electrons. The summed E-state index contributed by atoms with van der Waals surface area (Å²) in [5, 5.41) is 1.13. The van der Waals surface area contributed by atoms with Crippen LogP contribution in [-0.2, 0) is 4.74 Å². The van der Waals surface area contributed by atoms with Gasteiger partial charge in [-0.3, -0.25) is 0 Å². The van der Waals surface area contributed by atoms with Gasteiger partial charge in [-0.1, -0.05) is 32.4 Å². The third-order valence-electron chi connectivity index (χ3n) is 6.88. The topological polar surface area (TPSA) is 56.5 Å². The van der Waals surface area contributed by atoms with Gasteiger partial charge in [-0.2, -0.15) is 0 Å². The summed E-state index contributed by atoms with van der Waals surface area (Å²) in [5.41, 5.74) is -0.252. The molecule has 2 bridgehead atoms. The lowest BCUT2D eigenvalue weighted by Gasteiger charge is -2.38. The summed E-state index contributed by atoms with van der Waals surface area (Å²) in [4.78, 5) is 24.9. The Hall–Kier alpha value is -1.81. The summed E-state index contributed by atoms with van der Waals surface area (Å²) < 4.78 is 11.0. The average Bonchev–Trinajstić information content (AvgIpc) is 2.88. The molecule has 1 aromatic heterocycles. The molecule has 0 aliphatic heterocycles. The zero-order valence-corrected chi connectivity index (χ0v) is 15.4. The number of rotatable bonds is 2. The molecule has 3 atom stereocenters. The van der Waals surface area contributed by atoms with Gasteiger partial charge in [0, 0.05) is 15.8 Å². The van der Waals surface area contributed by atoms with E-state index in [0.29, 0.717) is 21.9 Å². The van der Waals surface area contributed by atoms with Gasteiger partial charge in [0.05, 0.1) is 0 Å². The standard InChI is InChI=1S/C20H21ClO4/c1-19(2)12-6-7-20(19,3)16(10-12)25-18(23)14-9-11-8-13(21)4-5-15(11)24-17(14)22/h4-5,8-9,12,16H,6-7,10H2,1-3H3/t12-,16-,20+/m1/s1. The SMILES string of the molecule is CC1(C)[C@@H]2CC[C@@]1(C)[C@H](OC(=O)c1cc3cc(Cl)ccc3oc1=O)C2. The molecule has 0 saturated heterocycles. The second kappa shape index (κ2) is 5.34. The number of hydrogen-bond donors (Lipinski definition) is 0. The van der Waals surface area contributed by atoms with Crippen molar-refractivity contribution in [2.45, 2.75) is 46.1 Å². The molecule has 2 aromatic rings. The van der Waals surface area contributed by atoms with Crippen molar-refractivity contribution in [1.82, 2.24) is 0 Å². The van der Waals surface area contributed by atoms with Crippen LogP contribution in [0.5, 0.6) is 0 Å². The second-order valence-corrected chi connectivity index (χ2v) is 8.57. The minimum Gasteiger partial charge on any atom is -0.458 e. The monoisotopic (exact) mass is 360 g/mol. The van der Waals surface area contributed by atoms with E-state index in [1.54, 1.807) is 18.2 Å². The van der Waals surface area contributed by atoms with E-state index in [0.717, 1.165) is 12.8 Å². The number of hydrogen-bond acceptors (Lipinski definition) is 4. The summed E-state index contributed by atoms with van der Waals surface area (Å²) >= 11 is 5.98. The van der Waals surface area contributed by atoms with Crippen LogP contribution in [0.15, 0.2) is 33.5 Å². The Labute approximate surface area is 151 Å². The van der Waals surface area contributed by atoms with Crippen LogP contribution in [0.25, 0.3) is 11.0 Å². The molecule has 0 spiro atoms. The van der Waals surface area contributed by atoms with Gasteiger partial charge in [0.25, 0.3) is 0 Å². The van der Waals surface area contributed by atoms with Crippen molar-refractivity contribution >= 4 is 28.5 Å². The molecule has 0 N–H and O–H groups in total. The fourth-order valence-corrected chi connectivity index (χ4v) is 4.92. The van der Waals surface area contributed by atoms with Crippen molar-refractivity contribution in [2.75, 3.05) is 0 Å². The van der Waals surface area contributed by atoms with Crippen molar-refractivity contribution in [3.8, 4) is 0 Å². The zero-order valence-electron chi connectivity index (χ0n) is 14.6. The van der Waals surface area contributed by atoms with E-state index in [1.165, 1.54) is 12.5 Å². The van der Waals surface area contributed by atoms with Crippen LogP contribution in [0.2, 0.25) is 5.02 Å². The van der Waals surface area contributed by atoms with Crippen molar-refractivity contribution in [3.63, 3.8) is 0 Å². The quantitative estimate of drug-likeness (QED) is 0.569. The molecule has 1 aromatic carbocycles. The van der Waals surface area contributed by atoms with E-state index in [1.807, 2.05) is 0 Å². The van der Waals surface area contributed by atoms with Crippen LogP contribution in [0.3, 0.4) is 0 Å². The Kier molecular flexibility index (Phi) is 3.56. The largest absolute Gasteiger partial charge is 0.458 e. The molecule has 2 saturated carbocycles. The lowest BCUT2D eigenvalue weighted by atomic mass is 9.70. The van der Waals surface area contributed by atoms with Crippen molar-refractivity contribution in [3.05, 3.63) is 45.3 Å². The van der Waals surface area contributed by atoms with Gasteiger partial charge in [-0.05, 0) is 54.9 Å². The summed E-state index contributed by atoms with van der Waals surface area (Å²) in [5.74, 6) is -0.0488. The van der Waals surface area contributed by atoms with Crippen molar-refractivity contribution in [2.24, 2.45) is 16.7 Å². The molecule has 132 valence electrons. The lowest BCUT2D eigenvalue weighted by molar-refractivity contribution is -0.0245. The first-order chi connectivity index (χ1) is 11.7. The van der Waals surface area contributed by atoms with Crippen LogP contribution >= 0.6 is 11.6 Å². The molecule has 25 heavy (non-hydrogen) atoms. The molecule has 2 fully saturated rings. The first-order valence-electron chi connectivity index (χ1n) is 8.67. The molecule has 2 aliphatic carbocycles. The number of carbonyl (C=O) groups excluding carboxylic acids is 1. The molecule has 4 nitrogen and oxygen atoms in total. The number of ether oxygens (including phenoxy) is 1. The maximum absolute atomic E-state index is 12.7. The van der Waals surface area contributed by atoms with Gasteiger partial charge in [0.1, 0.15) is 17.3 Å². The Morgan fingerprint density at radius 3 is 2.68 bits per heavy atom. The van der Waals surface area contributed by atoms with Crippen LogP contribution in [-0.4, -0.2) is 12.1 Å². The van der Waals surface area contributed by atoms with Gasteiger partial charge in [-0.25, -0.2) is 9.59 Å². The fraction of sp³-hybridized carbons (Fsp3) is 0.500. The zero-order chi connectivity index (χ0) is 18.0. The van der Waals surface area contributed by atoms with Gasteiger partial charge >= 0.3 is 11.6 Å². The first kappa shape index (κ1) is 16.6. The molecular formula is C20H21ClO4. The smallest absolute Gasteiger partial charge is 0.351 e. The van der Waals surface area contributed by atoms with Gasteiger partial charge < -0.3 is 9.15 Å². The highest BCUT2D eigenvalue weighted by Gasteiger charge is 2.62. The summed E-state index contributed by atoms with van der Waals surface area (Å²) in [6, 6.07) is 6.44. The van der Waals surface area contributed by atoms with Crippen LogP contribution < -0.4 is 5.63 Å². The van der Waals surface area contributed by atoms with Crippen molar-refractivity contribution in [1.29, 1.82) is 0 Å². The van der Waals surface area contributed by atoms with E-state index >= 15 is 0 Å². The fourth-order valence-electron chi connectivity index (χ4n) is 4.74. The van der Waals surface area contributed by atoms with Gasteiger partial charge in [-0.15, -0.1) is 0 Å². The number of esters is 1. The minimum absolute atomic E-state index is 0.0479. The molecule has 1 heterocycles. The average molecular weight is 361 g/mol. The molecule has 4 rings (SSSR count). The Morgan fingerprint density at radius 1 is 1.28 bits per heavy atom. The molecule has 0 amide bonds. The molecular weight excluding hydrogens is 340 g/mol. The molecule has 0 unspecified atom stereocenters. The van der Waals surface area contributed by atoms with Crippen LogP contribution in [0.1, 0.15) is 50.4 Å². The van der Waals surface area contributed by atoms with E-state index in [-0.39, 0.29) is 22.5 Å². The predicted octanol–water partition coefficient (Wildman–Crippen LogP) is 4.82. The van der Waals surface area contributed by atoms with E-state index in [9.17, 15) is 9.59 Å². The Balaban J connectivity index is 1.65. The Bertz CT molecular complexity index is 929. The highest BCUT2D eigenvalue weighted by molar-refractivity contribution is 6.31. The normalized spacial score (nSPS) is 29.9. The van der Waals surface area contributed by atoms with Crippen molar-refractivity contribution < 1.29 is 13.9 Å². The maximum Gasteiger partial charge on any atom is 0.351 e. The minimum atomic E-state index is -0.674. The molecule has 2 aliphatic rings. The van der Waals surface area contributed by atoms with E-state index in [4.69, 9.17) is 20.8 Å². The number of fused-ring (bicyclic) bond motifs is 3. The summed E-state index contributed by atoms with van der Waals surface area (Å²) in [7, 11) is 0. The van der Waals surface area contributed by atoms with Gasteiger partial charge in [0.15, 0.2) is 0 Å². The Morgan fingerprint density at radius 2 is 2.04 bits per heavy atom. The van der Waals surface area contributed by atoms with Crippen LogP contribution in [0.4, 0.5) is 0 Å². The second-order valence-electron chi connectivity index (χ2n) is 8.13. The summed E-state index contributed by atoms with van der Waals surface area (Å²) in [6.07, 6.45) is 2.92. The third kappa shape index (κ3) is 2.34. The lowest BCUT2D eigenvalue weighted by Crippen LogP contribution is -2.38. The first-order valence-corrected chi connectivity index (χ1v) is 9.04. The summed E-state index contributed by atoms with van der Waals surface area (Å²) in [6.45, 7) is 6.70. The number of halogens is 1. The predicted molar refractivity (Wildman–Crippen MR) is 95.9 cm³/mol. The maximum atomic E-state index is 12.7. The number of carbonyl (C=O) groups is 1. The third-order valence-corrected chi connectivity index (χ3v) is 7.11. The van der Waals surface area contributed by atoms with E-state index < -0.39 is 11.6 Å². The highest BCUT2D eigenvalue weighted by atomic mass is 35.5. The highest BCUT2D eigenvalue weighted by Crippen LogP contribution is 2.66. The molecule has 5 heteroatoms. The van der Waals surface area contributed by atoms with E-state index in [2.05, 4.69) is 20.8 Å². The van der Waals surface area contributed by atoms with Gasteiger partial charge in [0.2, 0.25) is 0 Å².